The molecule has 0 aromatic heterocycles. The lowest BCUT2D eigenvalue weighted by Crippen LogP contribution is -2.28. The number of esters is 2. The van der Waals surface area contributed by atoms with Crippen LogP contribution in [0.4, 0.5) is 0 Å². The van der Waals surface area contributed by atoms with Crippen LogP contribution in [0.25, 0.3) is 0 Å². The van der Waals surface area contributed by atoms with Gasteiger partial charge in [0.15, 0.2) is 6.10 Å². The molecule has 0 amide bonds. The van der Waals surface area contributed by atoms with Crippen LogP contribution in [-0.4, -0.2) is 36.4 Å². The van der Waals surface area contributed by atoms with Crippen molar-refractivity contribution in [2.45, 2.75) is 187 Å². The van der Waals surface area contributed by atoms with Gasteiger partial charge < -0.3 is 14.6 Å². The number of carbonyl (C=O) groups excluding carboxylic acids is 2. The average molecular weight is 671 g/mol. The smallest absolute Gasteiger partial charge is 0.306 e. The topological polar surface area (TPSA) is 72.8 Å². The van der Waals surface area contributed by atoms with Crippen LogP contribution in [0, 0.1) is 0 Å². The molecule has 5 nitrogen and oxygen atoms in total. The highest BCUT2D eigenvalue weighted by atomic mass is 16.6. The molecule has 0 bridgehead atoms. The quantitative estimate of drug-likeness (QED) is 0.0413. The molecule has 0 fully saturated rings. The summed E-state index contributed by atoms with van der Waals surface area (Å²) >= 11 is 0. The van der Waals surface area contributed by atoms with Crippen LogP contribution in [0.3, 0.4) is 0 Å². The van der Waals surface area contributed by atoms with E-state index in [0.29, 0.717) is 12.8 Å². The monoisotopic (exact) mass is 671 g/mol. The molecule has 0 heterocycles. The van der Waals surface area contributed by atoms with Crippen molar-refractivity contribution in [2.24, 2.45) is 0 Å². The number of allylic oxidation sites excluding steroid dienone is 10. The second-order valence-electron chi connectivity index (χ2n) is 13.0. The molecule has 0 aromatic rings. The van der Waals surface area contributed by atoms with Crippen molar-refractivity contribution < 1.29 is 24.2 Å². The summed E-state index contributed by atoms with van der Waals surface area (Å²) in [6.07, 6.45) is 49.9. The van der Waals surface area contributed by atoms with Gasteiger partial charge in [-0.2, -0.15) is 0 Å². The van der Waals surface area contributed by atoms with Crippen molar-refractivity contribution in [1.82, 2.24) is 0 Å². The third kappa shape index (κ3) is 36.4. The van der Waals surface area contributed by atoms with Gasteiger partial charge in [-0.15, -0.1) is 0 Å². The summed E-state index contributed by atoms with van der Waals surface area (Å²) in [4.78, 5) is 24.2. The Bertz CT molecular complexity index is 853. The van der Waals surface area contributed by atoms with E-state index in [2.05, 4.69) is 74.6 Å². The fraction of sp³-hybridized carbons (Fsp3) is 0.721. The largest absolute Gasteiger partial charge is 0.462 e. The number of ether oxygens (including phenoxy) is 2. The molecule has 1 atom stereocenters. The second kappa shape index (κ2) is 39.0. The van der Waals surface area contributed by atoms with Crippen LogP contribution in [0.5, 0.6) is 0 Å². The van der Waals surface area contributed by atoms with Gasteiger partial charge in [0.25, 0.3) is 0 Å². The summed E-state index contributed by atoms with van der Waals surface area (Å²) < 4.78 is 10.6. The zero-order valence-electron chi connectivity index (χ0n) is 31.2. The van der Waals surface area contributed by atoms with Gasteiger partial charge in [0.2, 0.25) is 0 Å². The van der Waals surface area contributed by atoms with Crippen LogP contribution in [0.2, 0.25) is 0 Å². The summed E-state index contributed by atoms with van der Waals surface area (Å²) in [7, 11) is 0. The first kappa shape index (κ1) is 45.6. The van der Waals surface area contributed by atoms with Gasteiger partial charge in [0, 0.05) is 12.8 Å². The first-order valence-corrected chi connectivity index (χ1v) is 19.8. The van der Waals surface area contributed by atoms with E-state index >= 15 is 0 Å². The molecule has 0 aliphatic carbocycles. The Kier molecular flexibility index (Phi) is 37.1. The number of aliphatic hydroxyl groups is 1. The second-order valence-corrected chi connectivity index (χ2v) is 13.0. The molecule has 1 unspecified atom stereocenters. The predicted molar refractivity (Wildman–Crippen MR) is 205 cm³/mol. The van der Waals surface area contributed by atoms with Crippen LogP contribution in [0.1, 0.15) is 181 Å². The molecule has 1 N–H and O–H groups in total. The van der Waals surface area contributed by atoms with Gasteiger partial charge in [-0.3, -0.25) is 9.59 Å². The Morgan fingerprint density at radius 3 is 1.25 bits per heavy atom. The fourth-order valence-electron chi connectivity index (χ4n) is 5.24. The maximum Gasteiger partial charge on any atom is 0.306 e. The zero-order chi connectivity index (χ0) is 35.0. The van der Waals surface area contributed by atoms with Crippen molar-refractivity contribution >= 4 is 11.9 Å². The zero-order valence-corrected chi connectivity index (χ0v) is 31.2. The lowest BCUT2D eigenvalue weighted by molar-refractivity contribution is -0.161. The van der Waals surface area contributed by atoms with Gasteiger partial charge >= 0.3 is 11.9 Å². The fourth-order valence-corrected chi connectivity index (χ4v) is 5.24. The van der Waals surface area contributed by atoms with Crippen LogP contribution in [0.15, 0.2) is 60.8 Å². The Labute approximate surface area is 296 Å². The third-order valence-corrected chi connectivity index (χ3v) is 8.28. The first-order valence-electron chi connectivity index (χ1n) is 19.8. The predicted octanol–water partition coefficient (Wildman–Crippen LogP) is 12.4. The van der Waals surface area contributed by atoms with Crippen molar-refractivity contribution in [3.63, 3.8) is 0 Å². The van der Waals surface area contributed by atoms with E-state index in [-0.39, 0.29) is 25.2 Å². The summed E-state index contributed by atoms with van der Waals surface area (Å²) in [6, 6.07) is 0. The number of aliphatic hydroxyl groups excluding tert-OH is 1. The van der Waals surface area contributed by atoms with Gasteiger partial charge in [0.05, 0.1) is 6.61 Å². The molecule has 0 aliphatic heterocycles. The molecule has 0 saturated heterocycles. The highest BCUT2D eigenvalue weighted by molar-refractivity contribution is 5.70. The molecule has 0 spiro atoms. The Morgan fingerprint density at radius 1 is 0.479 bits per heavy atom. The van der Waals surface area contributed by atoms with Crippen molar-refractivity contribution in [2.75, 3.05) is 13.2 Å². The Morgan fingerprint density at radius 2 is 0.833 bits per heavy atom. The molecular formula is C43H74O5. The molecule has 48 heavy (non-hydrogen) atoms. The van der Waals surface area contributed by atoms with Gasteiger partial charge in [0.1, 0.15) is 6.61 Å². The molecule has 0 radical (unpaired) electrons. The molecule has 0 rings (SSSR count). The Hall–Kier alpha value is -2.40. The molecule has 0 aromatic carbocycles. The molecule has 0 saturated carbocycles. The van der Waals surface area contributed by atoms with Crippen molar-refractivity contribution in [3.05, 3.63) is 60.8 Å². The summed E-state index contributed by atoms with van der Waals surface area (Å²) in [5.41, 5.74) is 0. The van der Waals surface area contributed by atoms with Crippen LogP contribution in [-0.2, 0) is 19.1 Å². The molecule has 5 heteroatoms. The normalized spacial score (nSPS) is 12.8. The van der Waals surface area contributed by atoms with Gasteiger partial charge in [-0.25, -0.2) is 0 Å². The van der Waals surface area contributed by atoms with E-state index in [0.717, 1.165) is 70.6 Å². The molecule has 0 aliphatic rings. The molecular weight excluding hydrogens is 596 g/mol. The number of hydrogen-bond donors (Lipinski definition) is 1. The lowest BCUT2D eigenvalue weighted by atomic mass is 10.1. The first-order chi connectivity index (χ1) is 23.6. The van der Waals surface area contributed by atoms with Gasteiger partial charge in [-0.1, -0.05) is 145 Å². The molecule has 276 valence electrons. The lowest BCUT2D eigenvalue weighted by Gasteiger charge is -2.15. The summed E-state index contributed by atoms with van der Waals surface area (Å²) in [5.74, 6) is -0.625. The highest BCUT2D eigenvalue weighted by Gasteiger charge is 2.16. The van der Waals surface area contributed by atoms with E-state index in [1.807, 2.05) is 0 Å². The number of rotatable bonds is 35. The van der Waals surface area contributed by atoms with Crippen molar-refractivity contribution in [1.29, 1.82) is 0 Å². The highest BCUT2D eigenvalue weighted by Crippen LogP contribution is 2.12. The standard InChI is InChI=1S/C43H74O5/c1-3-5-7-9-11-13-15-17-19-20-21-22-24-26-28-30-32-34-36-38-43(46)48-41(39-44)40-47-42(45)37-35-33-31-29-27-25-23-18-16-14-12-10-8-6-4-2/h11-14,17-19,21-23,41,44H,3-10,15-16,20,24-40H2,1-2H3/b13-11-,14-12-,19-17-,22-21-,23-18-. The van der Waals surface area contributed by atoms with Crippen LogP contribution >= 0.6 is 0 Å². The summed E-state index contributed by atoms with van der Waals surface area (Å²) in [6.45, 7) is 4.05. The van der Waals surface area contributed by atoms with E-state index in [1.54, 1.807) is 0 Å². The maximum atomic E-state index is 12.2. The minimum Gasteiger partial charge on any atom is -0.462 e. The number of unbranched alkanes of at least 4 members (excludes halogenated alkanes) is 17. The maximum absolute atomic E-state index is 12.2. The van der Waals surface area contributed by atoms with Crippen molar-refractivity contribution in [3.8, 4) is 0 Å². The van der Waals surface area contributed by atoms with E-state index in [4.69, 9.17) is 9.47 Å². The number of carbonyl (C=O) groups is 2. The van der Waals surface area contributed by atoms with E-state index in [1.165, 1.54) is 83.5 Å². The van der Waals surface area contributed by atoms with Crippen LogP contribution < -0.4 is 0 Å². The van der Waals surface area contributed by atoms with Gasteiger partial charge in [-0.05, 0) is 83.5 Å². The minimum atomic E-state index is -0.785. The van der Waals surface area contributed by atoms with E-state index in [9.17, 15) is 14.7 Å². The SMILES string of the molecule is CCCCC/C=C\C/C=C\C/C=C\CCCCCCCCC(=O)OC(CO)COC(=O)CCCCCCC/C=C\C/C=C\CCCCC. The third-order valence-electron chi connectivity index (χ3n) is 8.28. The van der Waals surface area contributed by atoms with E-state index < -0.39 is 6.10 Å². The average Bonchev–Trinajstić information content (AvgIpc) is 3.09. The summed E-state index contributed by atoms with van der Waals surface area (Å²) in [5, 5.41) is 9.55. The Balaban J connectivity index is 3.63. The number of hydrogen-bond acceptors (Lipinski definition) is 5. The minimum absolute atomic E-state index is 0.0807.